The molecule has 0 saturated heterocycles. The van der Waals surface area contributed by atoms with Crippen LogP contribution in [0.15, 0.2) is 51.5 Å². The molecule has 0 saturated carbocycles. The minimum absolute atomic E-state index is 0.0992. The van der Waals surface area contributed by atoms with E-state index >= 15 is 0 Å². The van der Waals surface area contributed by atoms with Crippen molar-refractivity contribution >= 4 is 28.8 Å². The van der Waals surface area contributed by atoms with Gasteiger partial charge in [-0.3, -0.25) is 4.57 Å². The van der Waals surface area contributed by atoms with E-state index in [0.717, 1.165) is 21.7 Å². The first-order chi connectivity index (χ1) is 13.1. The van der Waals surface area contributed by atoms with Gasteiger partial charge in [0.2, 0.25) is 5.96 Å². The molecular weight excluding hydrogens is 366 g/mol. The van der Waals surface area contributed by atoms with Crippen molar-refractivity contribution in [2.75, 3.05) is 19.4 Å². The summed E-state index contributed by atoms with van der Waals surface area (Å²) < 4.78 is 1.54. The van der Waals surface area contributed by atoms with Crippen LogP contribution < -0.4 is 22.5 Å². The molecule has 0 radical (unpaired) electrons. The van der Waals surface area contributed by atoms with E-state index in [1.165, 1.54) is 0 Å². The van der Waals surface area contributed by atoms with Gasteiger partial charge in [-0.2, -0.15) is 4.98 Å². The van der Waals surface area contributed by atoms with Crippen molar-refractivity contribution in [2.45, 2.75) is 11.6 Å². The van der Waals surface area contributed by atoms with Crippen LogP contribution in [0.2, 0.25) is 0 Å². The number of aromatic amines is 1. The Hall–Kier alpha value is -2.98. The fourth-order valence-corrected chi connectivity index (χ4v) is 2.95. The zero-order valence-corrected chi connectivity index (χ0v) is 15.6. The lowest BCUT2D eigenvalue weighted by Crippen LogP contribution is -2.24. The van der Waals surface area contributed by atoms with Crippen LogP contribution in [-0.4, -0.2) is 39.9 Å². The molecule has 0 spiro atoms. The van der Waals surface area contributed by atoms with E-state index in [0.29, 0.717) is 25.3 Å². The molecule has 0 aliphatic rings. The van der Waals surface area contributed by atoms with Crippen molar-refractivity contribution in [3.05, 3.63) is 52.6 Å². The van der Waals surface area contributed by atoms with Crippen molar-refractivity contribution in [3.8, 4) is 5.69 Å². The van der Waals surface area contributed by atoms with Gasteiger partial charge >= 0.3 is 5.69 Å². The average molecular weight is 387 g/mol. The normalized spacial score (nSPS) is 10.9. The topological polar surface area (TPSA) is 136 Å². The number of nitrogens with one attached hydrogen (secondary N) is 2. The Balaban J connectivity index is 1.65. The number of H-pyrrole nitrogens is 1. The van der Waals surface area contributed by atoms with Gasteiger partial charge in [0.1, 0.15) is 12.3 Å². The standard InChI is InChI=1S/C17H21N7O2S/c1-27-14-8-12-10-24(17(25)22-15(12)21-14)13-4-2-11(3-5-13)9-20-6-7-26-23-16(18)19/h2-5,8,10,20H,6-7,9H2,1H3,(H4,18,19,23)(H,21,22,25). The van der Waals surface area contributed by atoms with Crippen molar-refractivity contribution in [3.63, 3.8) is 0 Å². The first-order valence-corrected chi connectivity index (χ1v) is 9.46. The molecule has 0 amide bonds. The van der Waals surface area contributed by atoms with Crippen molar-refractivity contribution in [1.29, 1.82) is 0 Å². The van der Waals surface area contributed by atoms with Crippen LogP contribution in [0.3, 0.4) is 0 Å². The van der Waals surface area contributed by atoms with Gasteiger partial charge in [0, 0.05) is 24.7 Å². The number of fused-ring (bicyclic) bond motifs is 1. The third-order valence-electron chi connectivity index (χ3n) is 3.79. The third kappa shape index (κ3) is 4.80. The van der Waals surface area contributed by atoms with Gasteiger partial charge in [-0.1, -0.05) is 12.1 Å². The highest BCUT2D eigenvalue weighted by molar-refractivity contribution is 7.98. The molecule has 0 atom stereocenters. The minimum atomic E-state index is -0.320. The zero-order chi connectivity index (χ0) is 19.2. The van der Waals surface area contributed by atoms with Crippen molar-refractivity contribution in [1.82, 2.24) is 19.9 Å². The molecule has 142 valence electrons. The molecule has 0 bridgehead atoms. The number of rotatable bonds is 8. The highest BCUT2D eigenvalue weighted by Gasteiger charge is 2.07. The van der Waals surface area contributed by atoms with Gasteiger partial charge in [0.15, 0.2) is 0 Å². The highest BCUT2D eigenvalue weighted by Crippen LogP contribution is 2.19. The summed E-state index contributed by atoms with van der Waals surface area (Å²) >= 11 is 1.58. The minimum Gasteiger partial charge on any atom is -0.392 e. The summed E-state index contributed by atoms with van der Waals surface area (Å²) in [4.78, 5) is 24.4. The van der Waals surface area contributed by atoms with Gasteiger partial charge < -0.3 is 26.6 Å². The Morgan fingerprint density at radius 3 is 2.85 bits per heavy atom. The Kier molecular flexibility index (Phi) is 5.99. The highest BCUT2D eigenvalue weighted by atomic mass is 32.2. The molecule has 9 nitrogen and oxygen atoms in total. The first kappa shape index (κ1) is 18.8. The first-order valence-electron chi connectivity index (χ1n) is 8.24. The molecule has 3 aromatic rings. The van der Waals surface area contributed by atoms with Crippen LogP contribution in [0.25, 0.3) is 16.7 Å². The Morgan fingerprint density at radius 2 is 2.15 bits per heavy atom. The predicted molar refractivity (Wildman–Crippen MR) is 107 cm³/mol. The molecule has 0 unspecified atom stereocenters. The van der Waals surface area contributed by atoms with Gasteiger partial charge in [0.25, 0.3) is 0 Å². The van der Waals surface area contributed by atoms with E-state index in [2.05, 4.69) is 20.4 Å². The van der Waals surface area contributed by atoms with E-state index in [9.17, 15) is 4.79 Å². The quantitative estimate of drug-likeness (QED) is 0.147. The SMILES string of the molecule is CSc1cc2cn(-c3ccc(CNCCON=C(N)N)cc3)c(=O)nc2[nH]1. The van der Waals surface area contributed by atoms with E-state index in [-0.39, 0.29) is 11.6 Å². The maximum atomic E-state index is 12.3. The van der Waals surface area contributed by atoms with Gasteiger partial charge in [-0.05, 0) is 35.2 Å². The summed E-state index contributed by atoms with van der Waals surface area (Å²) in [6.07, 6.45) is 3.77. The molecule has 27 heavy (non-hydrogen) atoms. The molecular formula is C17H21N7O2S. The number of nitrogens with two attached hydrogens (primary N) is 2. The Bertz CT molecular complexity index is 991. The van der Waals surface area contributed by atoms with E-state index < -0.39 is 0 Å². The van der Waals surface area contributed by atoms with E-state index in [1.807, 2.05) is 36.6 Å². The number of thioether (sulfide) groups is 1. The number of guanidine groups is 1. The number of aromatic nitrogens is 3. The van der Waals surface area contributed by atoms with Crippen molar-refractivity contribution in [2.24, 2.45) is 16.6 Å². The van der Waals surface area contributed by atoms with Gasteiger partial charge in [-0.15, -0.1) is 11.8 Å². The lowest BCUT2D eigenvalue weighted by Gasteiger charge is -2.08. The summed E-state index contributed by atoms with van der Waals surface area (Å²) in [6, 6.07) is 9.68. The smallest absolute Gasteiger partial charge is 0.354 e. The summed E-state index contributed by atoms with van der Waals surface area (Å²) in [5, 5.41) is 8.52. The molecule has 0 aliphatic heterocycles. The lowest BCUT2D eigenvalue weighted by atomic mass is 10.2. The molecule has 6 N–H and O–H groups in total. The summed E-state index contributed by atoms with van der Waals surface area (Å²) in [5.41, 5.74) is 12.4. The second kappa shape index (κ2) is 8.60. The summed E-state index contributed by atoms with van der Waals surface area (Å²) in [7, 11) is 0. The molecule has 3 rings (SSSR count). The van der Waals surface area contributed by atoms with Gasteiger partial charge in [0.05, 0.1) is 10.7 Å². The lowest BCUT2D eigenvalue weighted by molar-refractivity contribution is 0.145. The van der Waals surface area contributed by atoms with E-state index in [4.69, 9.17) is 16.3 Å². The van der Waals surface area contributed by atoms with Crippen LogP contribution in [0.1, 0.15) is 5.56 Å². The van der Waals surface area contributed by atoms with Crippen molar-refractivity contribution < 1.29 is 4.84 Å². The van der Waals surface area contributed by atoms with Crippen LogP contribution >= 0.6 is 11.8 Å². The number of benzene rings is 1. The Morgan fingerprint density at radius 1 is 1.37 bits per heavy atom. The maximum absolute atomic E-state index is 12.3. The second-order valence-corrected chi connectivity index (χ2v) is 6.58. The van der Waals surface area contributed by atoms with Crippen LogP contribution in [0.4, 0.5) is 0 Å². The molecule has 1 aromatic carbocycles. The molecule has 2 heterocycles. The van der Waals surface area contributed by atoms with Crippen LogP contribution in [0, 0.1) is 0 Å². The zero-order valence-electron chi connectivity index (χ0n) is 14.8. The molecule has 10 heteroatoms. The molecule has 2 aromatic heterocycles. The summed E-state index contributed by atoms with van der Waals surface area (Å²) in [6.45, 7) is 1.63. The molecule has 0 aliphatic carbocycles. The predicted octanol–water partition coefficient (Wildman–Crippen LogP) is 0.730. The van der Waals surface area contributed by atoms with Gasteiger partial charge in [-0.25, -0.2) is 4.79 Å². The Labute approximate surface area is 159 Å². The molecule has 0 fully saturated rings. The maximum Gasteiger partial charge on any atom is 0.354 e. The number of hydrogen-bond acceptors (Lipinski definition) is 6. The largest absolute Gasteiger partial charge is 0.392 e. The average Bonchev–Trinajstić information content (AvgIpc) is 3.06. The summed E-state index contributed by atoms with van der Waals surface area (Å²) in [5.74, 6) is -0.0992. The monoisotopic (exact) mass is 387 g/mol. The van der Waals surface area contributed by atoms with E-state index in [1.54, 1.807) is 22.5 Å². The fraction of sp³-hybridized carbons (Fsp3) is 0.235. The number of hydrogen-bond donors (Lipinski definition) is 4. The number of oxime groups is 1. The van der Waals surface area contributed by atoms with Crippen LogP contribution in [0.5, 0.6) is 0 Å². The van der Waals surface area contributed by atoms with Crippen LogP contribution in [-0.2, 0) is 11.4 Å². The third-order valence-corrected chi connectivity index (χ3v) is 4.45. The second-order valence-electron chi connectivity index (χ2n) is 5.73. The number of nitrogens with zero attached hydrogens (tertiary/aromatic N) is 3. The fourth-order valence-electron chi connectivity index (χ4n) is 2.51.